The van der Waals surface area contributed by atoms with Crippen LogP contribution in [-0.2, 0) is 4.74 Å². The number of carbonyl (C=O) groups excluding carboxylic acids is 1. The molecule has 2 amide bonds. The summed E-state index contributed by atoms with van der Waals surface area (Å²) in [5.41, 5.74) is 0. The SMILES string of the molecule is O=C(NC1CNC1)NC1CCCCO1. The van der Waals surface area contributed by atoms with Gasteiger partial charge in [0.2, 0.25) is 0 Å². The Balaban J connectivity index is 1.64. The first-order valence-electron chi connectivity index (χ1n) is 5.24. The van der Waals surface area contributed by atoms with E-state index in [1.54, 1.807) is 0 Å². The number of amides is 2. The fourth-order valence-corrected chi connectivity index (χ4v) is 1.62. The number of urea groups is 1. The van der Waals surface area contributed by atoms with Gasteiger partial charge in [0.15, 0.2) is 0 Å². The summed E-state index contributed by atoms with van der Waals surface area (Å²) in [6.07, 6.45) is 3.08. The molecule has 3 N–H and O–H groups in total. The standard InChI is InChI=1S/C9H17N3O2/c13-9(11-7-5-10-6-7)12-8-3-1-2-4-14-8/h7-8,10H,1-6H2,(H2,11,12,13). The lowest BCUT2D eigenvalue weighted by atomic mass is 10.2. The van der Waals surface area contributed by atoms with E-state index in [4.69, 9.17) is 4.74 Å². The lowest BCUT2D eigenvalue weighted by molar-refractivity contribution is 0.00202. The van der Waals surface area contributed by atoms with Gasteiger partial charge in [0.05, 0.1) is 6.04 Å². The van der Waals surface area contributed by atoms with Crippen LogP contribution < -0.4 is 16.0 Å². The maximum absolute atomic E-state index is 11.4. The van der Waals surface area contributed by atoms with Gasteiger partial charge in [-0.15, -0.1) is 0 Å². The Morgan fingerprint density at radius 2 is 2.14 bits per heavy atom. The van der Waals surface area contributed by atoms with Crippen molar-refractivity contribution in [2.24, 2.45) is 0 Å². The van der Waals surface area contributed by atoms with Crippen LogP contribution in [0.3, 0.4) is 0 Å². The van der Waals surface area contributed by atoms with Crippen molar-refractivity contribution in [3.05, 3.63) is 0 Å². The van der Waals surface area contributed by atoms with Crippen LogP contribution in [0.5, 0.6) is 0 Å². The van der Waals surface area contributed by atoms with Gasteiger partial charge in [0, 0.05) is 19.7 Å². The van der Waals surface area contributed by atoms with Crippen LogP contribution in [0.1, 0.15) is 19.3 Å². The molecule has 0 aromatic rings. The second kappa shape index (κ2) is 4.61. The van der Waals surface area contributed by atoms with Crippen LogP contribution in [0.25, 0.3) is 0 Å². The Kier molecular flexibility index (Phi) is 3.21. The van der Waals surface area contributed by atoms with E-state index in [9.17, 15) is 4.79 Å². The van der Waals surface area contributed by atoms with Crippen molar-refractivity contribution >= 4 is 6.03 Å². The molecule has 0 aromatic carbocycles. The van der Waals surface area contributed by atoms with E-state index in [1.165, 1.54) is 0 Å². The van der Waals surface area contributed by atoms with Gasteiger partial charge < -0.3 is 20.7 Å². The van der Waals surface area contributed by atoms with Gasteiger partial charge in [0.1, 0.15) is 6.23 Å². The molecule has 0 saturated carbocycles. The Morgan fingerprint density at radius 3 is 2.71 bits per heavy atom. The third-order valence-corrected chi connectivity index (χ3v) is 2.59. The Bertz CT molecular complexity index is 200. The summed E-state index contributed by atoms with van der Waals surface area (Å²) < 4.78 is 5.39. The Morgan fingerprint density at radius 1 is 1.29 bits per heavy atom. The molecule has 2 heterocycles. The zero-order valence-electron chi connectivity index (χ0n) is 8.21. The maximum atomic E-state index is 11.4. The normalized spacial score (nSPS) is 27.9. The molecule has 2 aliphatic rings. The topological polar surface area (TPSA) is 62.4 Å². The smallest absolute Gasteiger partial charge is 0.317 e. The molecular formula is C9H17N3O2. The third kappa shape index (κ3) is 2.59. The molecule has 80 valence electrons. The molecule has 1 unspecified atom stereocenters. The second-order valence-corrected chi connectivity index (χ2v) is 3.83. The van der Waals surface area contributed by atoms with Crippen LogP contribution in [0.4, 0.5) is 4.79 Å². The number of ether oxygens (including phenoxy) is 1. The molecule has 0 bridgehead atoms. The summed E-state index contributed by atoms with van der Waals surface area (Å²) in [6.45, 7) is 2.51. The van der Waals surface area contributed by atoms with E-state index >= 15 is 0 Å². The molecule has 0 spiro atoms. The van der Waals surface area contributed by atoms with E-state index in [0.29, 0.717) is 6.04 Å². The van der Waals surface area contributed by atoms with E-state index < -0.39 is 0 Å². The molecule has 2 aliphatic heterocycles. The van der Waals surface area contributed by atoms with Gasteiger partial charge in [-0.05, 0) is 19.3 Å². The minimum Gasteiger partial charge on any atom is -0.358 e. The highest BCUT2D eigenvalue weighted by Gasteiger charge is 2.21. The monoisotopic (exact) mass is 199 g/mol. The number of hydrogen-bond acceptors (Lipinski definition) is 3. The quantitative estimate of drug-likeness (QED) is 0.576. The van der Waals surface area contributed by atoms with Gasteiger partial charge in [-0.25, -0.2) is 4.79 Å². The summed E-state index contributed by atoms with van der Waals surface area (Å²) in [7, 11) is 0. The highest BCUT2D eigenvalue weighted by Crippen LogP contribution is 2.09. The van der Waals surface area contributed by atoms with E-state index in [1.807, 2.05) is 0 Å². The van der Waals surface area contributed by atoms with Crippen molar-refractivity contribution in [3.63, 3.8) is 0 Å². The van der Waals surface area contributed by atoms with Crippen LogP contribution in [-0.4, -0.2) is 38.0 Å². The molecular weight excluding hydrogens is 182 g/mol. The second-order valence-electron chi connectivity index (χ2n) is 3.83. The molecule has 5 nitrogen and oxygen atoms in total. The average Bonchev–Trinajstić information content (AvgIpc) is 2.13. The van der Waals surface area contributed by atoms with Crippen molar-refractivity contribution < 1.29 is 9.53 Å². The minimum absolute atomic E-state index is 0.0863. The first-order valence-corrected chi connectivity index (χ1v) is 5.24. The Labute approximate surface area is 83.6 Å². The highest BCUT2D eigenvalue weighted by atomic mass is 16.5. The average molecular weight is 199 g/mol. The molecule has 14 heavy (non-hydrogen) atoms. The third-order valence-electron chi connectivity index (χ3n) is 2.59. The zero-order chi connectivity index (χ0) is 9.80. The lowest BCUT2D eigenvalue weighted by Crippen LogP contribution is -2.59. The summed E-state index contributed by atoms with van der Waals surface area (Å²) >= 11 is 0. The first-order chi connectivity index (χ1) is 6.84. The summed E-state index contributed by atoms with van der Waals surface area (Å²) in [5.74, 6) is 0. The minimum atomic E-state index is -0.108. The number of rotatable bonds is 2. The fourth-order valence-electron chi connectivity index (χ4n) is 1.62. The maximum Gasteiger partial charge on any atom is 0.317 e. The van der Waals surface area contributed by atoms with Crippen LogP contribution in [0.2, 0.25) is 0 Å². The van der Waals surface area contributed by atoms with Crippen molar-refractivity contribution in [1.29, 1.82) is 0 Å². The molecule has 2 saturated heterocycles. The summed E-state index contributed by atoms with van der Waals surface area (Å²) in [5, 5.41) is 8.79. The Hall–Kier alpha value is -0.810. The lowest BCUT2D eigenvalue weighted by Gasteiger charge is -2.30. The van der Waals surface area contributed by atoms with Crippen molar-refractivity contribution in [1.82, 2.24) is 16.0 Å². The molecule has 0 aromatic heterocycles. The van der Waals surface area contributed by atoms with Crippen molar-refractivity contribution in [2.75, 3.05) is 19.7 Å². The predicted molar refractivity (Wildman–Crippen MR) is 51.9 cm³/mol. The molecule has 5 heteroatoms. The van der Waals surface area contributed by atoms with E-state index in [2.05, 4.69) is 16.0 Å². The summed E-state index contributed by atoms with van der Waals surface area (Å²) in [4.78, 5) is 11.4. The number of carbonyl (C=O) groups is 1. The van der Waals surface area contributed by atoms with Crippen LogP contribution >= 0.6 is 0 Å². The number of nitrogens with one attached hydrogen (secondary N) is 3. The number of hydrogen-bond donors (Lipinski definition) is 3. The van der Waals surface area contributed by atoms with Crippen LogP contribution in [0.15, 0.2) is 0 Å². The molecule has 2 fully saturated rings. The largest absolute Gasteiger partial charge is 0.358 e. The van der Waals surface area contributed by atoms with E-state index in [-0.39, 0.29) is 12.3 Å². The van der Waals surface area contributed by atoms with Gasteiger partial charge >= 0.3 is 6.03 Å². The molecule has 1 atom stereocenters. The molecule has 0 aliphatic carbocycles. The van der Waals surface area contributed by atoms with Gasteiger partial charge in [-0.1, -0.05) is 0 Å². The summed E-state index contributed by atoms with van der Waals surface area (Å²) in [6, 6.07) is 0.182. The van der Waals surface area contributed by atoms with Gasteiger partial charge in [-0.2, -0.15) is 0 Å². The molecule has 2 rings (SSSR count). The van der Waals surface area contributed by atoms with Crippen molar-refractivity contribution in [3.8, 4) is 0 Å². The fraction of sp³-hybridized carbons (Fsp3) is 0.889. The van der Waals surface area contributed by atoms with Crippen LogP contribution in [0, 0.1) is 0 Å². The predicted octanol–water partition coefficient (Wildman–Crippen LogP) is -0.216. The van der Waals surface area contributed by atoms with E-state index in [0.717, 1.165) is 39.0 Å². The van der Waals surface area contributed by atoms with Gasteiger partial charge in [-0.3, -0.25) is 0 Å². The van der Waals surface area contributed by atoms with Crippen molar-refractivity contribution in [2.45, 2.75) is 31.5 Å². The highest BCUT2D eigenvalue weighted by molar-refractivity contribution is 5.74. The zero-order valence-corrected chi connectivity index (χ0v) is 8.21. The van der Waals surface area contributed by atoms with Gasteiger partial charge in [0.25, 0.3) is 0 Å². The first kappa shape index (κ1) is 9.73. The molecule has 0 radical (unpaired) electrons.